The Morgan fingerprint density at radius 2 is 2.28 bits per heavy atom. The molecule has 3 unspecified atom stereocenters. The van der Waals surface area contributed by atoms with E-state index < -0.39 is 0 Å². The molecule has 0 saturated heterocycles. The lowest BCUT2D eigenvalue weighted by Gasteiger charge is -2.34. The van der Waals surface area contributed by atoms with Crippen molar-refractivity contribution in [1.29, 1.82) is 0 Å². The summed E-state index contributed by atoms with van der Waals surface area (Å²) in [5, 5.41) is 13.3. The maximum atomic E-state index is 9.19. The van der Waals surface area contributed by atoms with E-state index >= 15 is 0 Å². The minimum Gasteiger partial charge on any atom is -0.492 e. The number of aliphatic hydroxyl groups excluding tert-OH is 1. The lowest BCUT2D eigenvalue weighted by Crippen LogP contribution is -2.38. The van der Waals surface area contributed by atoms with E-state index in [1.807, 2.05) is 19.1 Å². The molecule has 4 heteroatoms. The number of benzene rings is 1. The minimum absolute atomic E-state index is 0.210. The summed E-state index contributed by atoms with van der Waals surface area (Å²) >= 11 is 1.79. The SMILES string of the molecule is CCNC1c2ccccc2OCC1SC(C)CO. The normalized spacial score (nSPS) is 24.2. The van der Waals surface area contributed by atoms with Crippen LogP contribution < -0.4 is 10.1 Å². The Bertz CT molecular complexity index is 386. The van der Waals surface area contributed by atoms with Crippen molar-refractivity contribution in [3.8, 4) is 5.75 Å². The number of hydrogen-bond acceptors (Lipinski definition) is 4. The Morgan fingerprint density at radius 1 is 1.50 bits per heavy atom. The summed E-state index contributed by atoms with van der Waals surface area (Å²) in [6.45, 7) is 6.01. The predicted molar refractivity (Wildman–Crippen MR) is 76.3 cm³/mol. The molecule has 1 aromatic rings. The molecule has 1 aromatic carbocycles. The minimum atomic E-state index is 0.210. The van der Waals surface area contributed by atoms with Crippen LogP contribution in [-0.2, 0) is 0 Å². The van der Waals surface area contributed by atoms with E-state index in [-0.39, 0.29) is 11.9 Å². The Morgan fingerprint density at radius 3 is 3.00 bits per heavy atom. The molecule has 0 aliphatic carbocycles. The quantitative estimate of drug-likeness (QED) is 0.858. The third-order valence-corrected chi connectivity index (χ3v) is 4.49. The van der Waals surface area contributed by atoms with E-state index in [9.17, 15) is 5.11 Å². The zero-order chi connectivity index (χ0) is 13.0. The van der Waals surface area contributed by atoms with Gasteiger partial charge in [-0.2, -0.15) is 0 Å². The van der Waals surface area contributed by atoms with Gasteiger partial charge in [-0.3, -0.25) is 0 Å². The molecule has 2 rings (SSSR count). The second-order valence-electron chi connectivity index (χ2n) is 4.55. The molecule has 0 saturated carbocycles. The number of hydrogen-bond donors (Lipinski definition) is 2. The molecule has 0 radical (unpaired) electrons. The van der Waals surface area contributed by atoms with Crippen molar-refractivity contribution in [1.82, 2.24) is 5.32 Å². The van der Waals surface area contributed by atoms with Crippen LogP contribution >= 0.6 is 11.8 Å². The van der Waals surface area contributed by atoms with Crippen LogP contribution in [0, 0.1) is 0 Å². The summed E-state index contributed by atoms with van der Waals surface area (Å²) in [5.41, 5.74) is 1.23. The highest BCUT2D eigenvalue weighted by Crippen LogP contribution is 2.38. The average Bonchev–Trinajstić information content (AvgIpc) is 2.41. The molecule has 0 bridgehead atoms. The standard InChI is InChI=1S/C14H21NO2S/c1-3-15-14-11-6-4-5-7-12(11)17-9-13(14)18-10(2)8-16/h4-7,10,13-16H,3,8-9H2,1-2H3. The first-order chi connectivity index (χ1) is 8.76. The molecule has 100 valence electrons. The van der Waals surface area contributed by atoms with E-state index in [1.54, 1.807) is 11.8 Å². The Balaban J connectivity index is 2.18. The summed E-state index contributed by atoms with van der Waals surface area (Å²) in [6.07, 6.45) is 0. The molecule has 1 aliphatic rings. The maximum absolute atomic E-state index is 9.19. The summed E-state index contributed by atoms with van der Waals surface area (Å²) in [7, 11) is 0. The lowest BCUT2D eigenvalue weighted by molar-refractivity contribution is 0.259. The fraction of sp³-hybridized carbons (Fsp3) is 0.571. The van der Waals surface area contributed by atoms with Gasteiger partial charge in [0.2, 0.25) is 0 Å². The van der Waals surface area contributed by atoms with Gasteiger partial charge in [0.05, 0.1) is 17.9 Å². The predicted octanol–water partition coefficient (Wildman–Crippen LogP) is 2.21. The van der Waals surface area contributed by atoms with Crippen molar-refractivity contribution in [2.75, 3.05) is 19.8 Å². The molecule has 0 aromatic heterocycles. The zero-order valence-electron chi connectivity index (χ0n) is 10.9. The molecule has 1 heterocycles. The number of rotatable bonds is 5. The van der Waals surface area contributed by atoms with E-state index in [0.29, 0.717) is 17.9 Å². The summed E-state index contributed by atoms with van der Waals surface area (Å²) in [4.78, 5) is 0. The number of para-hydroxylation sites is 1. The third-order valence-electron chi connectivity index (χ3n) is 3.12. The van der Waals surface area contributed by atoms with Gasteiger partial charge in [-0.05, 0) is 12.6 Å². The van der Waals surface area contributed by atoms with Gasteiger partial charge < -0.3 is 15.2 Å². The summed E-state index contributed by atoms with van der Waals surface area (Å²) in [6, 6.07) is 8.51. The van der Waals surface area contributed by atoms with Crippen LogP contribution in [0.5, 0.6) is 5.75 Å². The molecule has 0 fully saturated rings. The van der Waals surface area contributed by atoms with Crippen molar-refractivity contribution in [3.63, 3.8) is 0 Å². The number of nitrogens with one attached hydrogen (secondary N) is 1. The molecular formula is C14H21NO2S. The van der Waals surface area contributed by atoms with Gasteiger partial charge in [-0.25, -0.2) is 0 Å². The van der Waals surface area contributed by atoms with Crippen molar-refractivity contribution in [2.45, 2.75) is 30.4 Å². The van der Waals surface area contributed by atoms with Crippen LogP contribution in [0.3, 0.4) is 0 Å². The van der Waals surface area contributed by atoms with E-state index in [0.717, 1.165) is 12.3 Å². The highest BCUT2D eigenvalue weighted by molar-refractivity contribution is 8.00. The molecule has 3 nitrogen and oxygen atoms in total. The summed E-state index contributed by atoms with van der Waals surface area (Å²) in [5.74, 6) is 0.983. The monoisotopic (exact) mass is 267 g/mol. The van der Waals surface area contributed by atoms with Crippen LogP contribution in [-0.4, -0.2) is 35.4 Å². The second-order valence-corrected chi connectivity index (χ2v) is 6.23. The Hall–Kier alpha value is -0.710. The van der Waals surface area contributed by atoms with Gasteiger partial charge in [0.15, 0.2) is 0 Å². The van der Waals surface area contributed by atoms with Crippen LogP contribution in [0.4, 0.5) is 0 Å². The van der Waals surface area contributed by atoms with Gasteiger partial charge in [-0.15, -0.1) is 11.8 Å². The Labute approximate surface area is 113 Å². The van der Waals surface area contributed by atoms with Gasteiger partial charge in [0.25, 0.3) is 0 Å². The molecule has 18 heavy (non-hydrogen) atoms. The van der Waals surface area contributed by atoms with E-state index in [4.69, 9.17) is 4.74 Å². The maximum Gasteiger partial charge on any atom is 0.124 e. The third kappa shape index (κ3) is 2.99. The van der Waals surface area contributed by atoms with Crippen LogP contribution in [0.15, 0.2) is 24.3 Å². The van der Waals surface area contributed by atoms with Crippen LogP contribution in [0.2, 0.25) is 0 Å². The average molecular weight is 267 g/mol. The highest BCUT2D eigenvalue weighted by atomic mass is 32.2. The van der Waals surface area contributed by atoms with Gasteiger partial charge in [0.1, 0.15) is 12.4 Å². The number of aliphatic hydroxyl groups is 1. The number of ether oxygens (including phenoxy) is 1. The second kappa shape index (κ2) is 6.45. The molecule has 0 spiro atoms. The number of thioether (sulfide) groups is 1. The van der Waals surface area contributed by atoms with E-state index in [1.165, 1.54) is 5.56 Å². The first kappa shape index (κ1) is 13.7. The fourth-order valence-corrected chi connectivity index (χ4v) is 3.49. The molecule has 2 N–H and O–H groups in total. The van der Waals surface area contributed by atoms with Crippen molar-refractivity contribution in [3.05, 3.63) is 29.8 Å². The number of fused-ring (bicyclic) bond motifs is 1. The molecule has 3 atom stereocenters. The largest absolute Gasteiger partial charge is 0.492 e. The fourth-order valence-electron chi connectivity index (χ4n) is 2.26. The molecule has 0 amide bonds. The van der Waals surface area contributed by atoms with Crippen molar-refractivity contribution >= 4 is 11.8 Å². The first-order valence-electron chi connectivity index (χ1n) is 6.47. The van der Waals surface area contributed by atoms with Crippen LogP contribution in [0.25, 0.3) is 0 Å². The topological polar surface area (TPSA) is 41.5 Å². The van der Waals surface area contributed by atoms with Gasteiger partial charge in [0, 0.05) is 10.8 Å². The van der Waals surface area contributed by atoms with Crippen molar-refractivity contribution in [2.24, 2.45) is 0 Å². The summed E-state index contributed by atoms with van der Waals surface area (Å²) < 4.78 is 5.82. The molecule has 1 aliphatic heterocycles. The zero-order valence-corrected chi connectivity index (χ0v) is 11.7. The van der Waals surface area contributed by atoms with Crippen molar-refractivity contribution < 1.29 is 9.84 Å². The van der Waals surface area contributed by atoms with Crippen LogP contribution in [0.1, 0.15) is 25.5 Å². The highest BCUT2D eigenvalue weighted by Gasteiger charge is 2.31. The smallest absolute Gasteiger partial charge is 0.124 e. The molecular weight excluding hydrogens is 246 g/mol. The van der Waals surface area contributed by atoms with Gasteiger partial charge in [-0.1, -0.05) is 32.0 Å². The Kier molecular flexibility index (Phi) is 4.92. The first-order valence-corrected chi connectivity index (χ1v) is 7.42. The van der Waals surface area contributed by atoms with Gasteiger partial charge >= 0.3 is 0 Å². The lowest BCUT2D eigenvalue weighted by atomic mass is 10.0. The van der Waals surface area contributed by atoms with E-state index in [2.05, 4.69) is 24.4 Å².